The summed E-state index contributed by atoms with van der Waals surface area (Å²) in [6, 6.07) is 14.1. The molecule has 2 aromatic carbocycles. The number of halogens is 1. The van der Waals surface area contributed by atoms with Crippen molar-refractivity contribution in [2.75, 3.05) is 5.75 Å². The topological polar surface area (TPSA) is 58.2 Å². The molecule has 0 aromatic heterocycles. The van der Waals surface area contributed by atoms with Gasteiger partial charge >= 0.3 is 0 Å². The van der Waals surface area contributed by atoms with Gasteiger partial charge < -0.3 is 10.6 Å². The van der Waals surface area contributed by atoms with Gasteiger partial charge in [0.1, 0.15) is 11.9 Å². The molecule has 0 saturated carbocycles. The number of fused-ring (bicyclic) bond motifs is 1. The third-order valence-corrected chi connectivity index (χ3v) is 6.75. The summed E-state index contributed by atoms with van der Waals surface area (Å²) < 4.78 is 13.9. The highest BCUT2D eigenvalue weighted by atomic mass is 32.2. The van der Waals surface area contributed by atoms with E-state index in [1.54, 1.807) is 18.2 Å². The third-order valence-electron chi connectivity index (χ3n) is 5.44. The summed E-state index contributed by atoms with van der Waals surface area (Å²) in [7, 11) is 0. The molecule has 6 heteroatoms. The largest absolute Gasteiger partial charge is 0.347 e. The van der Waals surface area contributed by atoms with Crippen LogP contribution in [-0.2, 0) is 22.4 Å². The van der Waals surface area contributed by atoms with Crippen LogP contribution in [0.3, 0.4) is 0 Å². The molecule has 4 nitrogen and oxygen atoms in total. The fourth-order valence-electron chi connectivity index (χ4n) is 3.93. The number of hydrogen-bond donors (Lipinski definition) is 2. The van der Waals surface area contributed by atoms with Crippen molar-refractivity contribution in [2.45, 2.75) is 43.0 Å². The molecule has 4 rings (SSSR count). The molecule has 1 heterocycles. The second-order valence-electron chi connectivity index (χ2n) is 7.33. The van der Waals surface area contributed by atoms with Crippen molar-refractivity contribution in [1.29, 1.82) is 0 Å². The first-order valence-corrected chi connectivity index (χ1v) is 10.7. The molecule has 1 saturated heterocycles. The average Bonchev–Trinajstić information content (AvgIpc) is 2.71. The molecule has 1 aliphatic heterocycles. The maximum atomic E-state index is 13.9. The Kier molecular flexibility index (Phi) is 5.67. The van der Waals surface area contributed by atoms with E-state index in [-0.39, 0.29) is 28.9 Å². The van der Waals surface area contributed by atoms with Gasteiger partial charge in [-0.1, -0.05) is 42.5 Å². The van der Waals surface area contributed by atoms with Crippen LogP contribution >= 0.6 is 11.8 Å². The van der Waals surface area contributed by atoms with Crippen LogP contribution in [0.5, 0.6) is 0 Å². The second kappa shape index (κ2) is 8.35. The van der Waals surface area contributed by atoms with Gasteiger partial charge in [-0.15, -0.1) is 11.8 Å². The van der Waals surface area contributed by atoms with Gasteiger partial charge in [-0.2, -0.15) is 0 Å². The van der Waals surface area contributed by atoms with E-state index >= 15 is 0 Å². The smallest absolute Gasteiger partial charge is 0.243 e. The van der Waals surface area contributed by atoms with Crippen LogP contribution in [0.15, 0.2) is 48.5 Å². The van der Waals surface area contributed by atoms with Gasteiger partial charge in [0.15, 0.2) is 0 Å². The van der Waals surface area contributed by atoms with E-state index in [1.807, 2.05) is 12.1 Å². The molecule has 2 aromatic rings. The molecule has 0 unspecified atom stereocenters. The lowest BCUT2D eigenvalue weighted by Crippen LogP contribution is -2.55. The van der Waals surface area contributed by atoms with Crippen molar-refractivity contribution in [3.05, 3.63) is 71.0 Å². The van der Waals surface area contributed by atoms with Gasteiger partial charge in [0.2, 0.25) is 11.8 Å². The van der Waals surface area contributed by atoms with Gasteiger partial charge in [0, 0.05) is 5.75 Å². The Morgan fingerprint density at radius 1 is 1.18 bits per heavy atom. The average molecular weight is 399 g/mol. The summed E-state index contributed by atoms with van der Waals surface area (Å²) in [5.74, 6) is -0.159. The van der Waals surface area contributed by atoms with Crippen molar-refractivity contribution < 1.29 is 14.0 Å². The molecular formula is C22H23FN2O2S. The predicted octanol–water partition coefficient (Wildman–Crippen LogP) is 3.16. The number of thioether (sulfide) groups is 1. The molecule has 1 aliphatic carbocycles. The molecule has 3 atom stereocenters. The molecule has 2 amide bonds. The minimum absolute atomic E-state index is 0.00418. The monoisotopic (exact) mass is 398 g/mol. The summed E-state index contributed by atoms with van der Waals surface area (Å²) in [6.07, 6.45) is 3.31. The molecule has 28 heavy (non-hydrogen) atoms. The fraction of sp³-hybridized carbons (Fsp3) is 0.364. The Labute approximate surface area is 168 Å². The SMILES string of the molecule is O=C(N[C@@H]1CCCc2ccccc21)[C@@H]1CS[C@@H](Cc2ccccc2F)C(=O)N1. The van der Waals surface area contributed by atoms with Gasteiger partial charge in [-0.05, 0) is 48.4 Å². The van der Waals surface area contributed by atoms with E-state index in [4.69, 9.17) is 0 Å². The lowest BCUT2D eigenvalue weighted by molar-refractivity contribution is -0.129. The number of hydrogen-bond acceptors (Lipinski definition) is 3. The first-order chi connectivity index (χ1) is 13.6. The summed E-state index contributed by atoms with van der Waals surface area (Å²) >= 11 is 1.42. The molecular weight excluding hydrogens is 375 g/mol. The highest BCUT2D eigenvalue weighted by Gasteiger charge is 2.34. The molecule has 0 radical (unpaired) electrons. The van der Waals surface area contributed by atoms with Crippen molar-refractivity contribution in [3.63, 3.8) is 0 Å². The van der Waals surface area contributed by atoms with E-state index in [2.05, 4.69) is 22.8 Å². The van der Waals surface area contributed by atoms with Crippen molar-refractivity contribution in [3.8, 4) is 0 Å². The van der Waals surface area contributed by atoms with Gasteiger partial charge in [0.05, 0.1) is 11.3 Å². The number of benzene rings is 2. The second-order valence-corrected chi connectivity index (χ2v) is 8.57. The standard InChI is InChI=1S/C22H23FN2O2S/c23-17-10-4-2-7-15(17)12-20-22(27)25-19(13-28-20)21(26)24-18-11-5-8-14-6-1-3-9-16(14)18/h1-4,6-7,9-10,18-20H,5,8,11-13H2,(H,24,26)(H,25,27)/t18-,19+,20+/m1/s1. The Hall–Kier alpha value is -2.34. The van der Waals surface area contributed by atoms with E-state index < -0.39 is 6.04 Å². The maximum absolute atomic E-state index is 13.9. The van der Waals surface area contributed by atoms with Crippen molar-refractivity contribution in [2.24, 2.45) is 0 Å². The summed E-state index contributed by atoms with van der Waals surface area (Å²) in [6.45, 7) is 0. The van der Waals surface area contributed by atoms with E-state index in [0.29, 0.717) is 17.7 Å². The van der Waals surface area contributed by atoms with Crippen LogP contribution in [-0.4, -0.2) is 28.9 Å². The van der Waals surface area contributed by atoms with Crippen LogP contribution < -0.4 is 10.6 Å². The fourth-order valence-corrected chi connectivity index (χ4v) is 5.10. The van der Waals surface area contributed by atoms with Crippen LogP contribution in [0.1, 0.15) is 35.6 Å². The lowest BCUT2D eigenvalue weighted by atomic mass is 9.87. The number of aryl methyl sites for hydroxylation is 1. The van der Waals surface area contributed by atoms with Crippen molar-refractivity contribution in [1.82, 2.24) is 10.6 Å². The zero-order valence-electron chi connectivity index (χ0n) is 15.5. The Bertz CT molecular complexity index is 888. The Morgan fingerprint density at radius 2 is 1.96 bits per heavy atom. The number of rotatable bonds is 4. The molecule has 0 spiro atoms. The number of carbonyl (C=O) groups excluding carboxylic acids is 2. The Balaban J connectivity index is 1.36. The maximum Gasteiger partial charge on any atom is 0.243 e. The number of carbonyl (C=O) groups is 2. The zero-order chi connectivity index (χ0) is 19.5. The highest BCUT2D eigenvalue weighted by Crippen LogP contribution is 2.30. The van der Waals surface area contributed by atoms with Crippen LogP contribution in [0.2, 0.25) is 0 Å². The first-order valence-electron chi connectivity index (χ1n) is 9.65. The number of amides is 2. The normalized spacial score (nSPS) is 24.2. The van der Waals surface area contributed by atoms with Crippen LogP contribution in [0, 0.1) is 5.82 Å². The number of nitrogens with one attached hydrogen (secondary N) is 2. The molecule has 2 aliphatic rings. The van der Waals surface area contributed by atoms with E-state index in [1.165, 1.54) is 29.0 Å². The summed E-state index contributed by atoms with van der Waals surface area (Å²) in [5, 5.41) is 5.56. The molecule has 1 fully saturated rings. The molecule has 146 valence electrons. The molecule has 0 bridgehead atoms. The van der Waals surface area contributed by atoms with E-state index in [9.17, 15) is 14.0 Å². The van der Waals surface area contributed by atoms with Crippen LogP contribution in [0.4, 0.5) is 4.39 Å². The minimum Gasteiger partial charge on any atom is -0.347 e. The zero-order valence-corrected chi connectivity index (χ0v) is 16.3. The van der Waals surface area contributed by atoms with Crippen molar-refractivity contribution >= 4 is 23.6 Å². The third kappa shape index (κ3) is 4.07. The minimum atomic E-state index is -0.552. The quantitative estimate of drug-likeness (QED) is 0.832. The molecule has 2 N–H and O–H groups in total. The summed E-state index contributed by atoms with van der Waals surface area (Å²) in [5.41, 5.74) is 2.98. The summed E-state index contributed by atoms with van der Waals surface area (Å²) in [4.78, 5) is 25.2. The predicted molar refractivity (Wildman–Crippen MR) is 109 cm³/mol. The van der Waals surface area contributed by atoms with Crippen LogP contribution in [0.25, 0.3) is 0 Å². The first kappa shape index (κ1) is 19.0. The Morgan fingerprint density at radius 3 is 2.79 bits per heavy atom. The van der Waals surface area contributed by atoms with Gasteiger partial charge in [-0.25, -0.2) is 4.39 Å². The van der Waals surface area contributed by atoms with Gasteiger partial charge in [-0.3, -0.25) is 9.59 Å². The van der Waals surface area contributed by atoms with Gasteiger partial charge in [0.25, 0.3) is 0 Å². The highest BCUT2D eigenvalue weighted by molar-refractivity contribution is 8.00. The lowest BCUT2D eigenvalue weighted by Gasteiger charge is -2.31. The van der Waals surface area contributed by atoms with E-state index in [0.717, 1.165) is 19.3 Å².